The van der Waals surface area contributed by atoms with Gasteiger partial charge in [0.15, 0.2) is 5.60 Å². The van der Waals surface area contributed by atoms with Crippen molar-refractivity contribution < 1.29 is 19.4 Å². The number of nitrogens with zero attached hydrogens (tertiary/aromatic N) is 2. The number of para-hydroxylation sites is 1. The summed E-state index contributed by atoms with van der Waals surface area (Å²) in [6.45, 7) is 1.52. The summed E-state index contributed by atoms with van der Waals surface area (Å²) in [5.41, 5.74) is 2.44. The van der Waals surface area contributed by atoms with Crippen LogP contribution in [-0.4, -0.2) is 55.1 Å². The molecular formula is C29H31N3O4. The van der Waals surface area contributed by atoms with Gasteiger partial charge in [-0.3, -0.25) is 14.5 Å². The maximum atomic E-state index is 13.9. The van der Waals surface area contributed by atoms with Gasteiger partial charge >= 0.3 is 0 Å². The van der Waals surface area contributed by atoms with Crippen molar-refractivity contribution in [2.75, 3.05) is 32.1 Å². The zero-order chi connectivity index (χ0) is 25.0. The second-order valence-electron chi connectivity index (χ2n) is 10.0. The Morgan fingerprint density at radius 1 is 1.06 bits per heavy atom. The van der Waals surface area contributed by atoms with Crippen LogP contribution in [0.15, 0.2) is 60.7 Å². The predicted molar refractivity (Wildman–Crippen MR) is 138 cm³/mol. The summed E-state index contributed by atoms with van der Waals surface area (Å²) in [6.07, 6.45) is 0.928. The first kappa shape index (κ1) is 23.2. The van der Waals surface area contributed by atoms with E-state index < -0.39 is 11.7 Å². The molecule has 3 atom stereocenters. The number of nitrogens with one attached hydrogen (secondary N) is 1. The number of methoxy groups -OCH3 is 1. The SMILES string of the molecule is CNC(=O)CC1(OC)C(=O)N(C2CCN([C@H]3c4cccc5cccc(c45)[C@@H]3O)CC2)c2ccccc21. The first-order valence-corrected chi connectivity index (χ1v) is 12.6. The molecule has 1 saturated heterocycles. The molecule has 0 saturated carbocycles. The molecule has 3 aromatic carbocycles. The van der Waals surface area contributed by atoms with Crippen molar-refractivity contribution in [1.82, 2.24) is 10.2 Å². The predicted octanol–water partition coefficient (Wildman–Crippen LogP) is 3.42. The molecule has 1 fully saturated rings. The summed E-state index contributed by atoms with van der Waals surface area (Å²) >= 11 is 0. The van der Waals surface area contributed by atoms with Gasteiger partial charge in [-0.1, -0.05) is 54.6 Å². The quantitative estimate of drug-likeness (QED) is 0.579. The van der Waals surface area contributed by atoms with Gasteiger partial charge in [-0.05, 0) is 40.8 Å². The second kappa shape index (κ2) is 8.69. The minimum atomic E-state index is -1.31. The number of anilines is 1. The summed E-state index contributed by atoms with van der Waals surface area (Å²) < 4.78 is 5.82. The summed E-state index contributed by atoms with van der Waals surface area (Å²) in [6, 6.07) is 20.0. The first-order chi connectivity index (χ1) is 17.5. The summed E-state index contributed by atoms with van der Waals surface area (Å²) in [5, 5.41) is 16.2. The minimum absolute atomic E-state index is 0.00618. The average Bonchev–Trinajstić information content (AvgIpc) is 3.34. The van der Waals surface area contributed by atoms with E-state index in [4.69, 9.17) is 4.74 Å². The van der Waals surface area contributed by atoms with Gasteiger partial charge in [0, 0.05) is 38.9 Å². The molecule has 2 N–H and O–H groups in total. The van der Waals surface area contributed by atoms with Crippen molar-refractivity contribution in [2.45, 2.75) is 43.1 Å². The molecule has 1 unspecified atom stereocenters. The van der Waals surface area contributed by atoms with Gasteiger partial charge in [0.2, 0.25) is 5.91 Å². The molecule has 3 aliphatic rings. The number of piperidine rings is 1. The molecule has 0 bridgehead atoms. The first-order valence-electron chi connectivity index (χ1n) is 12.6. The number of fused-ring (bicyclic) bond motifs is 1. The van der Waals surface area contributed by atoms with E-state index in [0.717, 1.165) is 48.1 Å². The highest BCUT2D eigenvalue weighted by Gasteiger charge is 2.54. The van der Waals surface area contributed by atoms with Crippen LogP contribution in [0.3, 0.4) is 0 Å². The Balaban J connectivity index is 1.26. The van der Waals surface area contributed by atoms with Crippen molar-refractivity contribution >= 4 is 28.3 Å². The molecule has 7 nitrogen and oxygen atoms in total. The molecule has 186 valence electrons. The van der Waals surface area contributed by atoms with E-state index in [0.29, 0.717) is 0 Å². The van der Waals surface area contributed by atoms with E-state index >= 15 is 0 Å². The van der Waals surface area contributed by atoms with Crippen LogP contribution in [0.2, 0.25) is 0 Å². The fourth-order valence-corrected chi connectivity index (χ4v) is 6.61. The number of aliphatic hydroxyl groups excluding tert-OH is 1. The highest BCUT2D eigenvalue weighted by atomic mass is 16.5. The fourth-order valence-electron chi connectivity index (χ4n) is 6.61. The molecule has 3 aromatic rings. The van der Waals surface area contributed by atoms with Crippen molar-refractivity contribution in [3.63, 3.8) is 0 Å². The Morgan fingerprint density at radius 2 is 1.75 bits per heavy atom. The Labute approximate surface area is 210 Å². The minimum Gasteiger partial charge on any atom is -0.386 e. The smallest absolute Gasteiger partial charge is 0.264 e. The summed E-state index contributed by atoms with van der Waals surface area (Å²) in [7, 11) is 3.07. The van der Waals surface area contributed by atoms with E-state index in [-0.39, 0.29) is 30.3 Å². The van der Waals surface area contributed by atoms with Crippen LogP contribution >= 0.6 is 0 Å². The lowest BCUT2D eigenvalue weighted by Gasteiger charge is -2.41. The lowest BCUT2D eigenvalue weighted by atomic mass is 9.91. The number of hydrogen-bond donors (Lipinski definition) is 2. The number of rotatable bonds is 5. The van der Waals surface area contributed by atoms with Crippen molar-refractivity contribution in [3.8, 4) is 0 Å². The molecule has 0 aromatic heterocycles. The normalized spacial score (nSPS) is 26.0. The van der Waals surface area contributed by atoms with Gasteiger partial charge in [0.1, 0.15) is 0 Å². The molecule has 6 rings (SSSR count). The van der Waals surface area contributed by atoms with Gasteiger partial charge in [-0.2, -0.15) is 0 Å². The molecule has 0 radical (unpaired) electrons. The number of amides is 2. The van der Waals surface area contributed by atoms with E-state index in [2.05, 4.69) is 34.5 Å². The summed E-state index contributed by atoms with van der Waals surface area (Å²) in [5.74, 6) is -0.410. The van der Waals surface area contributed by atoms with Gasteiger partial charge in [-0.25, -0.2) is 0 Å². The highest BCUT2D eigenvalue weighted by molar-refractivity contribution is 6.09. The van der Waals surface area contributed by atoms with Gasteiger partial charge in [-0.15, -0.1) is 0 Å². The Bertz CT molecular complexity index is 1340. The largest absolute Gasteiger partial charge is 0.386 e. The highest BCUT2D eigenvalue weighted by Crippen LogP contribution is 2.49. The molecule has 2 amide bonds. The topological polar surface area (TPSA) is 82.1 Å². The number of aliphatic hydroxyl groups is 1. The molecular weight excluding hydrogens is 454 g/mol. The van der Waals surface area contributed by atoms with Crippen LogP contribution in [0.1, 0.15) is 48.1 Å². The maximum Gasteiger partial charge on any atom is 0.264 e. The fraction of sp³-hybridized carbons (Fsp3) is 0.379. The van der Waals surface area contributed by atoms with Crippen LogP contribution in [0.4, 0.5) is 5.69 Å². The Kier molecular flexibility index (Phi) is 5.59. The lowest BCUT2D eigenvalue weighted by molar-refractivity contribution is -0.146. The lowest BCUT2D eigenvalue weighted by Crippen LogP contribution is -2.51. The second-order valence-corrected chi connectivity index (χ2v) is 10.0. The average molecular weight is 486 g/mol. The molecule has 0 spiro atoms. The Morgan fingerprint density at radius 3 is 2.44 bits per heavy atom. The van der Waals surface area contributed by atoms with Crippen molar-refractivity contribution in [2.24, 2.45) is 0 Å². The number of carbonyl (C=O) groups is 2. The van der Waals surface area contributed by atoms with Crippen molar-refractivity contribution in [3.05, 3.63) is 77.4 Å². The molecule has 36 heavy (non-hydrogen) atoms. The molecule has 1 aliphatic carbocycles. The molecule has 2 heterocycles. The van der Waals surface area contributed by atoms with Crippen LogP contribution in [0.5, 0.6) is 0 Å². The van der Waals surface area contributed by atoms with Crippen LogP contribution in [-0.2, 0) is 19.9 Å². The van der Waals surface area contributed by atoms with Crippen molar-refractivity contribution in [1.29, 1.82) is 0 Å². The monoisotopic (exact) mass is 485 g/mol. The van der Waals surface area contributed by atoms with E-state index in [9.17, 15) is 14.7 Å². The third-order valence-electron chi connectivity index (χ3n) is 8.36. The number of likely N-dealkylation sites (tertiary alicyclic amines) is 1. The number of ether oxygens (including phenoxy) is 1. The third kappa shape index (κ3) is 3.23. The number of carbonyl (C=O) groups excluding carboxylic acids is 2. The molecule has 7 heteroatoms. The van der Waals surface area contributed by atoms with Gasteiger partial charge < -0.3 is 20.1 Å². The maximum absolute atomic E-state index is 13.9. The van der Waals surface area contributed by atoms with E-state index in [1.807, 2.05) is 41.3 Å². The van der Waals surface area contributed by atoms with E-state index in [1.165, 1.54) is 18.1 Å². The zero-order valence-corrected chi connectivity index (χ0v) is 20.6. The van der Waals surface area contributed by atoms with Gasteiger partial charge in [0.25, 0.3) is 5.91 Å². The van der Waals surface area contributed by atoms with E-state index in [1.54, 1.807) is 7.05 Å². The number of benzene rings is 3. The van der Waals surface area contributed by atoms with Crippen LogP contribution in [0, 0.1) is 0 Å². The van der Waals surface area contributed by atoms with Gasteiger partial charge in [0.05, 0.1) is 24.3 Å². The van der Waals surface area contributed by atoms with Crippen LogP contribution < -0.4 is 10.2 Å². The van der Waals surface area contributed by atoms with Crippen LogP contribution in [0.25, 0.3) is 10.8 Å². The number of hydrogen-bond acceptors (Lipinski definition) is 5. The summed E-state index contributed by atoms with van der Waals surface area (Å²) in [4.78, 5) is 30.5. The Hall–Kier alpha value is -3.26. The standard InChI is InChI=1S/C29H31N3O4/c1-30-24(33)17-29(36-2)22-11-3-4-12-23(22)32(28(29)35)19-13-15-31(16-14-19)26-20-9-5-7-18-8-6-10-21(25(18)20)27(26)34/h3-12,19,26-27,34H,13-17H2,1-2H3,(H,30,33)/t26-,27-,29?/m0/s1. The zero-order valence-electron chi connectivity index (χ0n) is 20.6. The molecule has 2 aliphatic heterocycles. The third-order valence-corrected chi connectivity index (χ3v) is 8.36.